The lowest BCUT2D eigenvalue weighted by atomic mass is 9.51. The molecule has 0 bridgehead atoms. The third-order valence-corrected chi connectivity index (χ3v) is 8.16. The largest absolute Gasteiger partial charge is 0.388 e. The molecule has 5 heteroatoms. The molecule has 1 saturated heterocycles. The number of amides is 1. The van der Waals surface area contributed by atoms with Gasteiger partial charge in [-0.05, 0) is 49.2 Å². The Balaban J connectivity index is 1.85. The van der Waals surface area contributed by atoms with Crippen LogP contribution >= 0.6 is 0 Å². The zero-order valence-electron chi connectivity index (χ0n) is 19.8. The van der Waals surface area contributed by atoms with E-state index in [0.717, 1.165) is 5.56 Å². The van der Waals surface area contributed by atoms with Crippen LogP contribution in [0, 0.1) is 29.1 Å². The molecule has 9 atom stereocenters. The standard InChI is InChI=1S/C28H37NO4/c1-17-9-8-12-21-25(31)19(3)18(2)24-22(15-20-10-6-5-7-11-20)29-26(32)28(21,24)23(30)13-14-27(4,33)16-17/h5-8,10-14,17-18,21-25,30-31,33H,3,9,15-16H2,1-2,4H3,(H,29,32)/t17-,18-,21+,22-,23?,24-,25-,27-,28+/m1/s1. The zero-order valence-corrected chi connectivity index (χ0v) is 19.8. The summed E-state index contributed by atoms with van der Waals surface area (Å²) in [5.74, 6) is -1.09. The van der Waals surface area contributed by atoms with Crippen molar-refractivity contribution in [3.05, 3.63) is 72.4 Å². The van der Waals surface area contributed by atoms with Gasteiger partial charge in [0.1, 0.15) is 0 Å². The van der Waals surface area contributed by atoms with Crippen LogP contribution in [-0.2, 0) is 11.2 Å². The quantitative estimate of drug-likeness (QED) is 0.520. The van der Waals surface area contributed by atoms with Crippen molar-refractivity contribution in [1.82, 2.24) is 5.32 Å². The average molecular weight is 452 g/mol. The van der Waals surface area contributed by atoms with Gasteiger partial charge in [-0.25, -0.2) is 0 Å². The average Bonchev–Trinajstić information content (AvgIpc) is 3.04. The first-order chi connectivity index (χ1) is 15.6. The van der Waals surface area contributed by atoms with Gasteiger partial charge in [0.2, 0.25) is 5.91 Å². The van der Waals surface area contributed by atoms with Gasteiger partial charge in [-0.1, -0.05) is 75.1 Å². The summed E-state index contributed by atoms with van der Waals surface area (Å²) in [5, 5.41) is 37.0. The molecule has 1 aliphatic heterocycles. The normalized spacial score (nSPS) is 43.4. The predicted octanol–water partition coefficient (Wildman–Crippen LogP) is 3.17. The van der Waals surface area contributed by atoms with Crippen LogP contribution in [0.5, 0.6) is 0 Å². The highest BCUT2D eigenvalue weighted by Gasteiger charge is 2.67. The molecule has 4 N–H and O–H groups in total. The lowest BCUT2D eigenvalue weighted by molar-refractivity contribution is -0.147. The minimum atomic E-state index is -1.25. The molecule has 1 amide bonds. The molecule has 1 aromatic rings. The van der Waals surface area contributed by atoms with Crippen LogP contribution < -0.4 is 5.32 Å². The van der Waals surface area contributed by atoms with E-state index in [1.165, 1.54) is 0 Å². The fraction of sp³-hybridized carbons (Fsp3) is 0.536. The minimum Gasteiger partial charge on any atom is -0.388 e. The summed E-state index contributed by atoms with van der Waals surface area (Å²) in [7, 11) is 0. The first kappa shape index (κ1) is 23.9. The molecular weight excluding hydrogens is 414 g/mol. The van der Waals surface area contributed by atoms with Crippen molar-refractivity contribution in [3.8, 4) is 0 Å². The number of nitrogens with one attached hydrogen (secondary N) is 1. The fourth-order valence-corrected chi connectivity index (χ4v) is 6.61. The second kappa shape index (κ2) is 8.86. The van der Waals surface area contributed by atoms with Gasteiger partial charge in [-0.3, -0.25) is 4.79 Å². The van der Waals surface area contributed by atoms with E-state index in [-0.39, 0.29) is 29.7 Å². The molecular formula is C28H37NO4. The third-order valence-electron chi connectivity index (χ3n) is 8.16. The maximum Gasteiger partial charge on any atom is 0.230 e. The van der Waals surface area contributed by atoms with E-state index in [0.29, 0.717) is 24.8 Å². The van der Waals surface area contributed by atoms with Crippen LogP contribution in [0.1, 0.15) is 39.2 Å². The van der Waals surface area contributed by atoms with E-state index >= 15 is 0 Å². The number of carbonyl (C=O) groups excluding carboxylic acids is 1. The van der Waals surface area contributed by atoms with Crippen LogP contribution in [0.15, 0.2) is 66.8 Å². The number of carbonyl (C=O) groups is 1. The topological polar surface area (TPSA) is 89.8 Å². The Morgan fingerprint density at radius 2 is 1.85 bits per heavy atom. The number of aliphatic hydroxyl groups excluding tert-OH is 2. The Morgan fingerprint density at radius 1 is 1.15 bits per heavy atom. The third kappa shape index (κ3) is 4.11. The van der Waals surface area contributed by atoms with Gasteiger partial charge in [0.25, 0.3) is 0 Å². The van der Waals surface area contributed by atoms with E-state index in [2.05, 4.69) is 18.8 Å². The molecule has 1 spiro atoms. The molecule has 0 radical (unpaired) electrons. The summed E-state index contributed by atoms with van der Waals surface area (Å²) in [6, 6.07) is 9.80. The lowest BCUT2D eigenvalue weighted by Crippen LogP contribution is -2.59. The number of hydrogen-bond donors (Lipinski definition) is 4. The summed E-state index contributed by atoms with van der Waals surface area (Å²) < 4.78 is 0. The van der Waals surface area contributed by atoms with Crippen LogP contribution in [0.4, 0.5) is 0 Å². The number of benzene rings is 1. The molecule has 0 aromatic heterocycles. The van der Waals surface area contributed by atoms with Gasteiger partial charge in [0, 0.05) is 17.9 Å². The van der Waals surface area contributed by atoms with Crippen molar-refractivity contribution in [3.63, 3.8) is 0 Å². The monoisotopic (exact) mass is 451 g/mol. The number of hydrogen-bond acceptors (Lipinski definition) is 4. The number of allylic oxidation sites excluding steroid dienone is 1. The summed E-state index contributed by atoms with van der Waals surface area (Å²) in [5.41, 5.74) is -0.544. The SMILES string of the molecule is C=C1[C@@H](C)[C@@H]2[C@@H](Cc3ccccc3)NC(=O)[C@@]23C(O)C=C[C@@](C)(O)C[C@H](C)CC=C[C@H]3[C@@H]1O. The Morgan fingerprint density at radius 3 is 2.55 bits per heavy atom. The van der Waals surface area contributed by atoms with Gasteiger partial charge in [-0.15, -0.1) is 0 Å². The van der Waals surface area contributed by atoms with E-state index in [9.17, 15) is 20.1 Å². The molecule has 2 fully saturated rings. The number of aliphatic hydroxyl groups is 3. The van der Waals surface area contributed by atoms with Crippen molar-refractivity contribution in [2.24, 2.45) is 29.1 Å². The molecule has 4 rings (SSSR count). The van der Waals surface area contributed by atoms with Crippen LogP contribution in [0.2, 0.25) is 0 Å². The van der Waals surface area contributed by atoms with Crippen molar-refractivity contribution in [2.75, 3.05) is 0 Å². The number of rotatable bonds is 2. The minimum absolute atomic E-state index is 0.176. The zero-order chi connectivity index (χ0) is 24.0. The molecule has 33 heavy (non-hydrogen) atoms. The van der Waals surface area contributed by atoms with E-state index < -0.39 is 29.1 Å². The highest BCUT2D eigenvalue weighted by molar-refractivity contribution is 5.88. The van der Waals surface area contributed by atoms with Crippen molar-refractivity contribution >= 4 is 5.91 Å². The Kier molecular flexibility index (Phi) is 6.43. The van der Waals surface area contributed by atoms with Gasteiger partial charge in [0.05, 0.1) is 23.2 Å². The molecule has 1 saturated carbocycles. The van der Waals surface area contributed by atoms with Crippen LogP contribution in [0.3, 0.4) is 0 Å². The van der Waals surface area contributed by atoms with Crippen molar-refractivity contribution in [1.29, 1.82) is 0 Å². The molecule has 178 valence electrons. The summed E-state index contributed by atoms with van der Waals surface area (Å²) >= 11 is 0. The summed E-state index contributed by atoms with van der Waals surface area (Å²) in [4.78, 5) is 13.8. The van der Waals surface area contributed by atoms with E-state index in [4.69, 9.17) is 0 Å². The highest BCUT2D eigenvalue weighted by Crippen LogP contribution is 2.57. The molecule has 5 nitrogen and oxygen atoms in total. The first-order valence-corrected chi connectivity index (χ1v) is 12.1. The maximum absolute atomic E-state index is 13.8. The molecule has 3 aliphatic rings. The van der Waals surface area contributed by atoms with Gasteiger partial charge in [-0.2, -0.15) is 0 Å². The van der Waals surface area contributed by atoms with Gasteiger partial charge in [0.15, 0.2) is 0 Å². The highest BCUT2D eigenvalue weighted by atomic mass is 16.3. The van der Waals surface area contributed by atoms with Crippen LogP contribution in [-0.4, -0.2) is 45.1 Å². The van der Waals surface area contributed by atoms with Crippen LogP contribution in [0.25, 0.3) is 0 Å². The Bertz CT molecular complexity index is 952. The smallest absolute Gasteiger partial charge is 0.230 e. The van der Waals surface area contributed by atoms with Crippen molar-refractivity contribution in [2.45, 2.75) is 63.9 Å². The molecule has 1 heterocycles. The molecule has 1 aromatic carbocycles. The summed E-state index contributed by atoms with van der Waals surface area (Å²) in [6.45, 7) is 10.00. The molecule has 1 unspecified atom stereocenters. The van der Waals surface area contributed by atoms with E-state index in [1.807, 2.05) is 49.4 Å². The summed E-state index contributed by atoms with van der Waals surface area (Å²) in [6.07, 6.45) is 6.88. The van der Waals surface area contributed by atoms with Gasteiger partial charge >= 0.3 is 0 Å². The van der Waals surface area contributed by atoms with Gasteiger partial charge < -0.3 is 20.6 Å². The maximum atomic E-state index is 13.8. The second-order valence-corrected chi connectivity index (χ2v) is 10.7. The predicted molar refractivity (Wildman–Crippen MR) is 129 cm³/mol. The first-order valence-electron chi connectivity index (χ1n) is 12.1. The van der Waals surface area contributed by atoms with Crippen molar-refractivity contribution < 1.29 is 20.1 Å². The second-order valence-electron chi connectivity index (χ2n) is 10.7. The fourth-order valence-electron chi connectivity index (χ4n) is 6.61. The van der Waals surface area contributed by atoms with E-state index in [1.54, 1.807) is 19.1 Å². The molecule has 2 aliphatic carbocycles. The lowest BCUT2D eigenvalue weighted by Gasteiger charge is -2.51. The Hall–Kier alpha value is -2.21. The Labute approximate surface area is 196 Å².